The molecule has 8 nitrogen and oxygen atoms in total. The van der Waals surface area contributed by atoms with Gasteiger partial charge in [-0.05, 0) is 55.8 Å². The Morgan fingerprint density at radius 3 is 2.59 bits per heavy atom. The largest absolute Gasteiger partial charge is 0.497 e. The number of hydrogen-bond acceptors (Lipinski definition) is 6. The third-order valence-corrected chi connectivity index (χ3v) is 5.15. The van der Waals surface area contributed by atoms with E-state index in [1.54, 1.807) is 7.11 Å². The van der Waals surface area contributed by atoms with Crippen LogP contribution in [0.25, 0.3) is 0 Å². The van der Waals surface area contributed by atoms with E-state index in [-0.39, 0.29) is 28.9 Å². The minimum atomic E-state index is -0.557. The molecule has 1 saturated heterocycles. The predicted octanol–water partition coefficient (Wildman–Crippen LogP) is 3.18. The van der Waals surface area contributed by atoms with E-state index in [0.29, 0.717) is 6.54 Å². The van der Waals surface area contributed by atoms with Gasteiger partial charge in [0.25, 0.3) is 5.91 Å². The number of benzene rings is 2. The van der Waals surface area contributed by atoms with Gasteiger partial charge in [0.1, 0.15) is 5.75 Å². The van der Waals surface area contributed by atoms with Crippen LogP contribution in [0.2, 0.25) is 0 Å². The Balaban J connectivity index is 1.77. The van der Waals surface area contributed by atoms with Gasteiger partial charge in [0, 0.05) is 18.2 Å². The molecule has 2 aromatic carbocycles. The first-order chi connectivity index (χ1) is 14.0. The summed E-state index contributed by atoms with van der Waals surface area (Å²) in [6, 6.07) is 12.0. The van der Waals surface area contributed by atoms with Gasteiger partial charge in [-0.2, -0.15) is 0 Å². The molecule has 1 atom stereocenters. The Hall–Kier alpha value is -3.13. The summed E-state index contributed by atoms with van der Waals surface area (Å²) in [6.07, 6.45) is 2.25. The summed E-state index contributed by atoms with van der Waals surface area (Å²) in [7, 11) is 2.99. The van der Waals surface area contributed by atoms with Crippen LogP contribution in [0.15, 0.2) is 42.5 Å². The predicted molar refractivity (Wildman–Crippen MR) is 109 cm³/mol. The maximum Gasteiger partial charge on any atom is 0.311 e. The quantitative estimate of drug-likeness (QED) is 0.541. The number of nitrogens with zero attached hydrogens (tertiary/aromatic N) is 2. The molecule has 154 valence electrons. The highest BCUT2D eigenvalue weighted by molar-refractivity contribution is 5.95. The van der Waals surface area contributed by atoms with Gasteiger partial charge in [-0.15, -0.1) is 0 Å². The summed E-state index contributed by atoms with van der Waals surface area (Å²) in [4.78, 5) is 25.7. The summed E-state index contributed by atoms with van der Waals surface area (Å²) < 4.78 is 10.3. The van der Waals surface area contributed by atoms with Crippen molar-refractivity contribution in [1.82, 2.24) is 10.2 Å². The maximum atomic E-state index is 12.7. The molecule has 0 saturated carbocycles. The lowest BCUT2D eigenvalue weighted by molar-refractivity contribution is -0.385. The van der Waals surface area contributed by atoms with Crippen molar-refractivity contribution in [1.29, 1.82) is 0 Å². The van der Waals surface area contributed by atoms with Crippen LogP contribution < -0.4 is 14.8 Å². The highest BCUT2D eigenvalue weighted by atomic mass is 16.6. The molecule has 1 heterocycles. The minimum Gasteiger partial charge on any atom is -0.497 e. The zero-order valence-electron chi connectivity index (χ0n) is 16.6. The number of amides is 1. The molecule has 1 fully saturated rings. The zero-order valence-corrected chi connectivity index (χ0v) is 16.6. The molecular formula is C21H25N3O5. The first kappa shape index (κ1) is 20.6. The smallest absolute Gasteiger partial charge is 0.311 e. The van der Waals surface area contributed by atoms with Crippen LogP contribution in [0.5, 0.6) is 11.5 Å². The first-order valence-corrected chi connectivity index (χ1v) is 9.52. The summed E-state index contributed by atoms with van der Waals surface area (Å²) in [6.45, 7) is 2.32. The molecule has 8 heteroatoms. The lowest BCUT2D eigenvalue weighted by Crippen LogP contribution is -2.36. The molecule has 0 aliphatic carbocycles. The molecule has 0 spiro atoms. The Bertz CT molecular complexity index is 880. The molecule has 3 rings (SSSR count). The molecule has 1 N–H and O–H groups in total. The third-order valence-electron chi connectivity index (χ3n) is 5.15. The molecule has 29 heavy (non-hydrogen) atoms. The Morgan fingerprint density at radius 1 is 1.17 bits per heavy atom. The van der Waals surface area contributed by atoms with Gasteiger partial charge in [0.2, 0.25) is 0 Å². The molecule has 1 aliphatic rings. The van der Waals surface area contributed by atoms with E-state index >= 15 is 0 Å². The van der Waals surface area contributed by atoms with Crippen molar-refractivity contribution in [2.45, 2.75) is 18.9 Å². The molecular weight excluding hydrogens is 374 g/mol. The fraction of sp³-hybridized carbons (Fsp3) is 0.381. The Kier molecular flexibility index (Phi) is 6.66. The average Bonchev–Trinajstić information content (AvgIpc) is 3.28. The van der Waals surface area contributed by atoms with E-state index in [0.717, 1.165) is 37.2 Å². The van der Waals surface area contributed by atoms with Crippen LogP contribution >= 0.6 is 0 Å². The molecule has 1 amide bonds. The number of nitrogens with one attached hydrogen (secondary N) is 1. The second-order valence-corrected chi connectivity index (χ2v) is 6.89. The lowest BCUT2D eigenvalue weighted by Gasteiger charge is -2.28. The number of ether oxygens (including phenoxy) is 2. The van der Waals surface area contributed by atoms with Crippen LogP contribution in [0.4, 0.5) is 5.69 Å². The number of carbonyl (C=O) groups is 1. The van der Waals surface area contributed by atoms with Crippen molar-refractivity contribution in [3.8, 4) is 11.5 Å². The second kappa shape index (κ2) is 9.38. The normalized spacial score (nSPS) is 15.0. The van der Waals surface area contributed by atoms with Gasteiger partial charge in [-0.25, -0.2) is 0 Å². The Morgan fingerprint density at radius 2 is 1.93 bits per heavy atom. The van der Waals surface area contributed by atoms with E-state index < -0.39 is 4.92 Å². The fourth-order valence-corrected chi connectivity index (χ4v) is 3.63. The van der Waals surface area contributed by atoms with Crippen molar-refractivity contribution < 1.29 is 19.2 Å². The maximum absolute atomic E-state index is 12.7. The van der Waals surface area contributed by atoms with Crippen LogP contribution in [0, 0.1) is 10.1 Å². The van der Waals surface area contributed by atoms with Gasteiger partial charge >= 0.3 is 5.69 Å². The molecule has 0 radical (unpaired) electrons. The number of methoxy groups -OCH3 is 2. The Labute approximate surface area is 169 Å². The third kappa shape index (κ3) is 4.83. The van der Waals surface area contributed by atoms with Gasteiger partial charge in [-0.3, -0.25) is 19.8 Å². The molecule has 2 aromatic rings. The number of likely N-dealkylation sites (tertiary alicyclic amines) is 1. The van der Waals surface area contributed by atoms with Crippen molar-refractivity contribution in [3.63, 3.8) is 0 Å². The first-order valence-electron chi connectivity index (χ1n) is 9.52. The van der Waals surface area contributed by atoms with Crippen LogP contribution in [-0.2, 0) is 0 Å². The summed E-state index contributed by atoms with van der Waals surface area (Å²) in [5.41, 5.74) is 1.06. The van der Waals surface area contributed by atoms with E-state index in [4.69, 9.17) is 9.47 Å². The number of nitro benzene ring substituents is 1. The monoisotopic (exact) mass is 399 g/mol. The van der Waals surface area contributed by atoms with Crippen molar-refractivity contribution in [3.05, 3.63) is 63.7 Å². The highest BCUT2D eigenvalue weighted by Crippen LogP contribution is 2.29. The van der Waals surface area contributed by atoms with Crippen LogP contribution in [0.1, 0.15) is 34.8 Å². The van der Waals surface area contributed by atoms with Gasteiger partial charge < -0.3 is 14.8 Å². The van der Waals surface area contributed by atoms with Crippen molar-refractivity contribution >= 4 is 11.6 Å². The van der Waals surface area contributed by atoms with Gasteiger partial charge in [0.05, 0.1) is 25.2 Å². The lowest BCUT2D eigenvalue weighted by atomic mass is 10.0. The number of hydrogen-bond donors (Lipinski definition) is 1. The number of carbonyl (C=O) groups excluding carboxylic acids is 1. The summed E-state index contributed by atoms with van der Waals surface area (Å²) in [5.74, 6) is 0.532. The average molecular weight is 399 g/mol. The van der Waals surface area contributed by atoms with Gasteiger partial charge in [-0.1, -0.05) is 12.1 Å². The standard InChI is InChI=1S/C21H25N3O5/c1-28-17-7-5-6-15(12-17)19(23-10-3-4-11-23)14-22-21(25)16-8-9-20(29-2)18(13-16)24(26)27/h5-9,12-13,19H,3-4,10-11,14H2,1-2H3,(H,22,25). The van der Waals surface area contributed by atoms with Crippen molar-refractivity contribution in [2.75, 3.05) is 33.9 Å². The molecule has 0 aromatic heterocycles. The van der Waals surface area contributed by atoms with Gasteiger partial charge in [0.15, 0.2) is 5.75 Å². The van der Waals surface area contributed by atoms with E-state index in [2.05, 4.69) is 10.2 Å². The number of nitro groups is 1. The zero-order chi connectivity index (χ0) is 20.8. The van der Waals surface area contributed by atoms with Crippen molar-refractivity contribution in [2.24, 2.45) is 0 Å². The topological polar surface area (TPSA) is 93.9 Å². The molecule has 1 aliphatic heterocycles. The number of rotatable bonds is 8. The molecule has 1 unspecified atom stereocenters. The van der Waals surface area contributed by atoms with E-state index in [1.807, 2.05) is 24.3 Å². The van der Waals surface area contributed by atoms with Crippen LogP contribution in [0.3, 0.4) is 0 Å². The highest BCUT2D eigenvalue weighted by Gasteiger charge is 2.25. The fourth-order valence-electron chi connectivity index (χ4n) is 3.63. The summed E-state index contributed by atoms with van der Waals surface area (Å²) >= 11 is 0. The second-order valence-electron chi connectivity index (χ2n) is 6.89. The SMILES string of the molecule is COc1cccc(C(CNC(=O)c2ccc(OC)c([N+](=O)[O-])c2)N2CCCC2)c1. The van der Waals surface area contributed by atoms with E-state index in [9.17, 15) is 14.9 Å². The van der Waals surface area contributed by atoms with Crippen LogP contribution in [-0.4, -0.2) is 49.6 Å². The minimum absolute atomic E-state index is 0.00443. The molecule has 0 bridgehead atoms. The van der Waals surface area contributed by atoms with E-state index in [1.165, 1.54) is 25.3 Å². The summed E-state index contributed by atoms with van der Waals surface area (Å²) in [5, 5.41) is 14.1.